The Hall–Kier alpha value is -1.18. The van der Waals surface area contributed by atoms with Crippen LogP contribution in [0.3, 0.4) is 0 Å². The van der Waals surface area contributed by atoms with Gasteiger partial charge in [0.2, 0.25) is 0 Å². The van der Waals surface area contributed by atoms with E-state index in [9.17, 15) is 4.79 Å². The van der Waals surface area contributed by atoms with Crippen LogP contribution in [0.25, 0.3) is 0 Å². The number of rotatable bonds is 5. The molecule has 0 unspecified atom stereocenters. The Morgan fingerprint density at radius 3 is 2.81 bits per heavy atom. The van der Waals surface area contributed by atoms with Gasteiger partial charge in [-0.15, -0.1) is 11.3 Å². The van der Waals surface area contributed by atoms with Crippen LogP contribution in [-0.2, 0) is 22.3 Å². The summed E-state index contributed by atoms with van der Waals surface area (Å²) in [5, 5.41) is 7.84. The van der Waals surface area contributed by atoms with E-state index >= 15 is 0 Å². The molecule has 0 radical (unpaired) electrons. The van der Waals surface area contributed by atoms with Crippen molar-refractivity contribution >= 4 is 39.6 Å². The maximum absolute atomic E-state index is 12.6. The third-order valence-electron chi connectivity index (χ3n) is 4.89. The minimum Gasteiger partial charge on any atom is -0.462 e. The first-order valence-electron chi connectivity index (χ1n) is 9.67. The Balaban J connectivity index is 1.74. The van der Waals surface area contributed by atoms with Crippen LogP contribution in [0.5, 0.6) is 0 Å². The first kappa shape index (κ1) is 19.6. The highest BCUT2D eigenvalue weighted by Crippen LogP contribution is 2.37. The van der Waals surface area contributed by atoms with Gasteiger partial charge in [-0.05, 0) is 63.2 Å². The first-order valence-corrected chi connectivity index (χ1v) is 10.9. The summed E-state index contributed by atoms with van der Waals surface area (Å²) in [6, 6.07) is 0. The van der Waals surface area contributed by atoms with Crippen LogP contribution in [0.4, 0.5) is 5.00 Å². The second kappa shape index (κ2) is 9.67. The fourth-order valence-electron chi connectivity index (χ4n) is 3.59. The molecule has 1 atom stereocenters. The fraction of sp³-hybridized carbons (Fsp3) is 0.684. The highest BCUT2D eigenvalue weighted by molar-refractivity contribution is 7.80. The van der Waals surface area contributed by atoms with Crippen LogP contribution in [0.1, 0.15) is 66.2 Å². The monoisotopic (exact) mass is 396 g/mol. The molecule has 7 heteroatoms. The van der Waals surface area contributed by atoms with E-state index in [2.05, 4.69) is 10.6 Å². The number of carbonyl (C=O) groups is 1. The second-order valence-electron chi connectivity index (χ2n) is 6.81. The molecular formula is C19H28N2O3S2. The predicted molar refractivity (Wildman–Crippen MR) is 109 cm³/mol. The molecule has 3 rings (SSSR count). The highest BCUT2D eigenvalue weighted by Gasteiger charge is 2.26. The zero-order valence-electron chi connectivity index (χ0n) is 15.4. The maximum atomic E-state index is 12.6. The molecule has 5 nitrogen and oxygen atoms in total. The summed E-state index contributed by atoms with van der Waals surface area (Å²) >= 11 is 7.11. The molecule has 2 aliphatic rings. The number of ether oxygens (including phenoxy) is 2. The average Bonchev–Trinajstić information content (AvgIpc) is 3.21. The van der Waals surface area contributed by atoms with E-state index in [4.69, 9.17) is 21.7 Å². The van der Waals surface area contributed by atoms with Crippen LogP contribution >= 0.6 is 23.6 Å². The van der Waals surface area contributed by atoms with E-state index in [1.807, 2.05) is 6.92 Å². The van der Waals surface area contributed by atoms with Gasteiger partial charge in [-0.1, -0.05) is 12.8 Å². The van der Waals surface area contributed by atoms with E-state index in [0.717, 1.165) is 49.3 Å². The summed E-state index contributed by atoms with van der Waals surface area (Å²) in [4.78, 5) is 13.9. The molecule has 0 spiro atoms. The molecule has 2 heterocycles. The molecule has 2 N–H and O–H groups in total. The van der Waals surface area contributed by atoms with E-state index in [0.29, 0.717) is 23.8 Å². The number of anilines is 1. The van der Waals surface area contributed by atoms with E-state index in [1.165, 1.54) is 24.1 Å². The number of esters is 1. The predicted octanol–water partition coefficient (Wildman–Crippen LogP) is 4.05. The molecule has 1 saturated heterocycles. The van der Waals surface area contributed by atoms with E-state index < -0.39 is 0 Å². The van der Waals surface area contributed by atoms with Crippen LogP contribution < -0.4 is 10.6 Å². The standard InChI is InChI=1S/C19H28N2O3S2/c1-2-23-18(22)16-14-9-5-3-4-6-10-15(14)26-17(16)21-19(25)20-12-13-8-7-11-24-13/h13H,2-12H2,1H3,(H2,20,21,25)/t13-/m0/s1. The molecule has 0 bridgehead atoms. The number of fused-ring (bicyclic) bond motifs is 1. The average molecular weight is 397 g/mol. The van der Waals surface area contributed by atoms with Gasteiger partial charge in [0.05, 0.1) is 18.3 Å². The van der Waals surface area contributed by atoms with Crippen LogP contribution in [0, 0.1) is 0 Å². The van der Waals surface area contributed by atoms with Crippen LogP contribution in [-0.4, -0.2) is 36.9 Å². The summed E-state index contributed by atoms with van der Waals surface area (Å²) in [5.41, 5.74) is 1.85. The number of nitrogens with one attached hydrogen (secondary N) is 2. The number of aryl methyl sites for hydroxylation is 1. The SMILES string of the molecule is CCOC(=O)c1c(NC(=S)NC[C@@H]2CCCO2)sc2c1CCCCCC2. The number of hydrogen-bond acceptors (Lipinski definition) is 5. The number of thiocarbonyl (C=S) groups is 1. The van der Waals surface area contributed by atoms with Gasteiger partial charge in [0.15, 0.2) is 5.11 Å². The second-order valence-corrected chi connectivity index (χ2v) is 8.33. The van der Waals surface area contributed by atoms with Crippen molar-refractivity contribution in [2.75, 3.05) is 25.1 Å². The lowest BCUT2D eigenvalue weighted by Crippen LogP contribution is -2.35. The largest absolute Gasteiger partial charge is 0.462 e. The zero-order chi connectivity index (χ0) is 18.4. The summed E-state index contributed by atoms with van der Waals surface area (Å²) in [6.07, 6.45) is 9.16. The molecule has 0 amide bonds. The van der Waals surface area contributed by atoms with Gasteiger partial charge in [0.1, 0.15) is 5.00 Å². The summed E-state index contributed by atoms with van der Waals surface area (Å²) in [5.74, 6) is -0.241. The lowest BCUT2D eigenvalue weighted by Gasteiger charge is -2.14. The summed E-state index contributed by atoms with van der Waals surface area (Å²) in [7, 11) is 0. The van der Waals surface area contributed by atoms with Crippen molar-refractivity contribution in [2.45, 2.75) is 64.4 Å². The fourth-order valence-corrected chi connectivity index (χ4v) is 5.12. The van der Waals surface area contributed by atoms with Gasteiger partial charge in [0.25, 0.3) is 0 Å². The van der Waals surface area contributed by atoms with Crippen molar-refractivity contribution in [3.63, 3.8) is 0 Å². The van der Waals surface area contributed by atoms with Gasteiger partial charge in [-0.3, -0.25) is 0 Å². The van der Waals surface area contributed by atoms with Gasteiger partial charge < -0.3 is 20.1 Å². The van der Waals surface area contributed by atoms with Crippen molar-refractivity contribution in [1.29, 1.82) is 0 Å². The summed E-state index contributed by atoms with van der Waals surface area (Å²) < 4.78 is 11.0. The molecule has 1 fully saturated rings. The Kier molecular flexibility index (Phi) is 7.28. The highest BCUT2D eigenvalue weighted by atomic mass is 32.1. The molecule has 144 valence electrons. The molecule has 0 aromatic carbocycles. The Morgan fingerprint density at radius 1 is 1.27 bits per heavy atom. The lowest BCUT2D eigenvalue weighted by molar-refractivity contribution is 0.0526. The molecule has 0 saturated carbocycles. The van der Waals surface area contributed by atoms with Gasteiger partial charge >= 0.3 is 5.97 Å². The minimum absolute atomic E-state index is 0.225. The van der Waals surface area contributed by atoms with E-state index in [-0.39, 0.29) is 12.1 Å². The maximum Gasteiger partial charge on any atom is 0.341 e. The third-order valence-corrected chi connectivity index (χ3v) is 6.35. The topological polar surface area (TPSA) is 59.6 Å². The van der Waals surface area contributed by atoms with Crippen LogP contribution in [0.15, 0.2) is 0 Å². The smallest absolute Gasteiger partial charge is 0.341 e. The molecule has 26 heavy (non-hydrogen) atoms. The Bertz CT molecular complexity index is 639. The van der Waals surface area contributed by atoms with Crippen molar-refractivity contribution in [3.8, 4) is 0 Å². The van der Waals surface area contributed by atoms with Crippen LogP contribution in [0.2, 0.25) is 0 Å². The first-order chi connectivity index (χ1) is 12.7. The van der Waals surface area contributed by atoms with Crippen molar-refractivity contribution in [3.05, 3.63) is 16.0 Å². The quantitative estimate of drug-likeness (QED) is 0.578. The van der Waals surface area contributed by atoms with Gasteiger partial charge in [-0.25, -0.2) is 4.79 Å². The molecule has 1 aromatic heterocycles. The number of thiophene rings is 1. The molecule has 1 aliphatic carbocycles. The zero-order valence-corrected chi connectivity index (χ0v) is 17.0. The van der Waals surface area contributed by atoms with Crippen molar-refractivity contribution in [1.82, 2.24) is 5.32 Å². The van der Waals surface area contributed by atoms with Gasteiger partial charge in [0, 0.05) is 18.0 Å². The van der Waals surface area contributed by atoms with E-state index in [1.54, 1.807) is 11.3 Å². The van der Waals surface area contributed by atoms with Crippen molar-refractivity contribution in [2.24, 2.45) is 0 Å². The molecule has 1 aromatic rings. The molecular weight excluding hydrogens is 368 g/mol. The lowest BCUT2D eigenvalue weighted by atomic mass is 9.96. The Labute approximate surface area is 164 Å². The minimum atomic E-state index is -0.241. The number of hydrogen-bond donors (Lipinski definition) is 2. The summed E-state index contributed by atoms with van der Waals surface area (Å²) in [6.45, 7) is 3.75. The molecule has 1 aliphatic heterocycles. The normalized spacial score (nSPS) is 20.0. The Morgan fingerprint density at radius 2 is 2.08 bits per heavy atom. The van der Waals surface area contributed by atoms with Crippen molar-refractivity contribution < 1.29 is 14.3 Å². The third kappa shape index (κ3) is 4.96. The number of carbonyl (C=O) groups excluding carboxylic acids is 1. The van der Waals surface area contributed by atoms with Gasteiger partial charge in [-0.2, -0.15) is 0 Å².